The van der Waals surface area contributed by atoms with Crippen molar-refractivity contribution >= 4 is 40.3 Å². The zero-order valence-corrected chi connectivity index (χ0v) is 17.6. The van der Waals surface area contributed by atoms with E-state index in [1.165, 1.54) is 12.1 Å². The number of halogens is 2. The van der Waals surface area contributed by atoms with Crippen molar-refractivity contribution in [2.75, 3.05) is 25.6 Å². The Labute approximate surface area is 188 Å². The van der Waals surface area contributed by atoms with Crippen molar-refractivity contribution in [3.63, 3.8) is 0 Å². The normalized spacial score (nSPS) is 10.8. The lowest BCUT2D eigenvalue weighted by molar-refractivity contribution is -0.143. The highest BCUT2D eigenvalue weighted by Crippen LogP contribution is 2.22. The molecule has 0 aromatic heterocycles. The van der Waals surface area contributed by atoms with E-state index in [1.807, 2.05) is 36.4 Å². The Bertz CT molecular complexity index is 1230. The monoisotopic (exact) mass is 454 g/mol. The van der Waals surface area contributed by atoms with E-state index in [1.54, 1.807) is 13.2 Å². The van der Waals surface area contributed by atoms with Gasteiger partial charge in [0.25, 0.3) is 5.91 Å². The van der Waals surface area contributed by atoms with Gasteiger partial charge in [-0.1, -0.05) is 18.2 Å². The summed E-state index contributed by atoms with van der Waals surface area (Å²) < 4.78 is 36.0. The van der Waals surface area contributed by atoms with Crippen LogP contribution >= 0.6 is 0 Å². The molecule has 7 nitrogen and oxygen atoms in total. The van der Waals surface area contributed by atoms with Crippen molar-refractivity contribution in [2.45, 2.75) is 0 Å². The quantitative estimate of drug-likeness (QED) is 0.402. The molecule has 0 saturated heterocycles. The van der Waals surface area contributed by atoms with Gasteiger partial charge >= 0.3 is 5.97 Å². The average Bonchev–Trinajstić information content (AvgIpc) is 2.81. The van der Waals surface area contributed by atoms with Crippen LogP contribution in [0.3, 0.4) is 0 Å². The van der Waals surface area contributed by atoms with Gasteiger partial charge in [0.1, 0.15) is 5.75 Å². The first-order valence-electron chi connectivity index (χ1n) is 9.78. The van der Waals surface area contributed by atoms with E-state index < -0.39 is 42.6 Å². The third kappa shape index (κ3) is 6.86. The number of fused-ring (bicyclic) bond motifs is 1. The Morgan fingerprint density at radius 3 is 2.42 bits per heavy atom. The Morgan fingerprint density at radius 2 is 1.67 bits per heavy atom. The highest BCUT2D eigenvalue weighted by molar-refractivity contribution is 5.95. The molecule has 0 heterocycles. The van der Waals surface area contributed by atoms with Crippen LogP contribution in [-0.4, -0.2) is 38.0 Å². The standard InChI is InChI=1S/C24H20F2N2O5/c1-32-19-7-5-16-10-15(2-4-17(16)11-19)3-9-24(31)33-14-23(30)27-13-22(29)28-18-6-8-20(25)21(26)12-18/h2-12H,13-14H2,1H3,(H,27,30)(H,28,29)/b9-3+. The van der Waals surface area contributed by atoms with Gasteiger partial charge in [0.15, 0.2) is 18.2 Å². The maximum absolute atomic E-state index is 13.1. The molecule has 3 aromatic rings. The van der Waals surface area contributed by atoms with E-state index in [-0.39, 0.29) is 5.69 Å². The lowest BCUT2D eigenvalue weighted by Gasteiger charge is -2.07. The number of anilines is 1. The van der Waals surface area contributed by atoms with Crippen LogP contribution in [0.1, 0.15) is 5.56 Å². The number of esters is 1. The number of rotatable bonds is 8. The first-order valence-corrected chi connectivity index (χ1v) is 9.78. The number of hydrogen-bond acceptors (Lipinski definition) is 5. The van der Waals surface area contributed by atoms with Crippen LogP contribution in [0, 0.1) is 11.6 Å². The molecule has 0 aliphatic carbocycles. The molecule has 170 valence electrons. The molecule has 0 bridgehead atoms. The minimum Gasteiger partial charge on any atom is -0.497 e. The third-order valence-corrected chi connectivity index (χ3v) is 4.48. The van der Waals surface area contributed by atoms with Gasteiger partial charge in [0.2, 0.25) is 5.91 Å². The highest BCUT2D eigenvalue weighted by atomic mass is 19.2. The van der Waals surface area contributed by atoms with Crippen molar-refractivity contribution in [1.82, 2.24) is 5.32 Å². The van der Waals surface area contributed by atoms with E-state index >= 15 is 0 Å². The molecule has 0 saturated carbocycles. The Hall–Kier alpha value is -4.27. The van der Waals surface area contributed by atoms with Crippen LogP contribution in [-0.2, 0) is 19.1 Å². The Balaban J connectivity index is 1.42. The van der Waals surface area contributed by atoms with Crippen molar-refractivity contribution in [3.8, 4) is 5.75 Å². The van der Waals surface area contributed by atoms with Gasteiger partial charge < -0.3 is 20.1 Å². The molecule has 9 heteroatoms. The van der Waals surface area contributed by atoms with Crippen LogP contribution in [0.2, 0.25) is 0 Å². The summed E-state index contributed by atoms with van der Waals surface area (Å²) in [6.45, 7) is -1.02. The smallest absolute Gasteiger partial charge is 0.331 e. The summed E-state index contributed by atoms with van der Waals surface area (Å²) in [5, 5.41) is 6.51. The summed E-state index contributed by atoms with van der Waals surface area (Å²) >= 11 is 0. The molecule has 2 amide bonds. The minimum atomic E-state index is -1.11. The molecular weight excluding hydrogens is 434 g/mol. The zero-order valence-electron chi connectivity index (χ0n) is 17.6. The second kappa shape index (κ2) is 10.9. The number of hydrogen-bond donors (Lipinski definition) is 2. The van der Waals surface area contributed by atoms with Crippen molar-refractivity contribution in [3.05, 3.63) is 77.9 Å². The number of amides is 2. The fourth-order valence-electron chi connectivity index (χ4n) is 2.83. The SMILES string of the molecule is COc1ccc2cc(/C=C/C(=O)OCC(=O)NCC(=O)Nc3ccc(F)c(F)c3)ccc2c1. The molecule has 3 aromatic carbocycles. The number of ether oxygens (including phenoxy) is 2. The predicted octanol–water partition coefficient (Wildman–Crippen LogP) is 3.44. The molecule has 0 fully saturated rings. The molecule has 0 aliphatic rings. The highest BCUT2D eigenvalue weighted by Gasteiger charge is 2.09. The lowest BCUT2D eigenvalue weighted by Crippen LogP contribution is -2.35. The van der Waals surface area contributed by atoms with Crippen molar-refractivity contribution in [2.24, 2.45) is 0 Å². The van der Waals surface area contributed by atoms with E-state index in [2.05, 4.69) is 10.6 Å². The van der Waals surface area contributed by atoms with Crippen LogP contribution in [0.25, 0.3) is 16.8 Å². The Kier molecular flexibility index (Phi) is 7.69. The predicted molar refractivity (Wildman–Crippen MR) is 118 cm³/mol. The fourth-order valence-corrected chi connectivity index (χ4v) is 2.83. The summed E-state index contributed by atoms with van der Waals surface area (Å²) in [4.78, 5) is 35.4. The number of carbonyl (C=O) groups excluding carboxylic acids is 3. The maximum Gasteiger partial charge on any atom is 0.331 e. The van der Waals surface area contributed by atoms with Gasteiger partial charge in [-0.2, -0.15) is 0 Å². The number of carbonyl (C=O) groups is 3. The number of methoxy groups -OCH3 is 1. The van der Waals surface area contributed by atoms with Gasteiger partial charge in [0, 0.05) is 17.8 Å². The average molecular weight is 454 g/mol. The van der Waals surface area contributed by atoms with E-state index in [0.717, 1.165) is 34.2 Å². The number of nitrogens with one attached hydrogen (secondary N) is 2. The molecule has 2 N–H and O–H groups in total. The molecular formula is C24H20F2N2O5. The molecule has 0 radical (unpaired) electrons. The molecule has 33 heavy (non-hydrogen) atoms. The van der Waals surface area contributed by atoms with Gasteiger partial charge in [-0.3, -0.25) is 9.59 Å². The first-order chi connectivity index (χ1) is 15.8. The number of benzene rings is 3. The van der Waals surface area contributed by atoms with E-state index in [9.17, 15) is 23.2 Å². The summed E-state index contributed by atoms with van der Waals surface area (Å²) in [6, 6.07) is 14.1. The molecule has 3 rings (SSSR count). The van der Waals surface area contributed by atoms with Crippen molar-refractivity contribution in [1.29, 1.82) is 0 Å². The second-order valence-electron chi connectivity index (χ2n) is 6.87. The summed E-state index contributed by atoms with van der Waals surface area (Å²) in [5.41, 5.74) is 0.806. The van der Waals surface area contributed by atoms with Crippen LogP contribution in [0.4, 0.5) is 14.5 Å². The largest absolute Gasteiger partial charge is 0.497 e. The summed E-state index contributed by atoms with van der Waals surface area (Å²) in [5.74, 6) is -3.49. The van der Waals surface area contributed by atoms with E-state index in [0.29, 0.717) is 0 Å². The minimum absolute atomic E-state index is 0.0394. The molecule has 0 unspecified atom stereocenters. The van der Waals surface area contributed by atoms with Gasteiger partial charge in [0.05, 0.1) is 13.7 Å². The van der Waals surface area contributed by atoms with Crippen molar-refractivity contribution < 1.29 is 32.6 Å². The molecule has 0 spiro atoms. The topological polar surface area (TPSA) is 93.7 Å². The van der Waals surface area contributed by atoms with Gasteiger partial charge in [-0.15, -0.1) is 0 Å². The van der Waals surface area contributed by atoms with Crippen LogP contribution in [0.15, 0.2) is 60.7 Å². The van der Waals surface area contributed by atoms with Gasteiger partial charge in [-0.05, 0) is 52.7 Å². The second-order valence-corrected chi connectivity index (χ2v) is 6.87. The van der Waals surface area contributed by atoms with E-state index in [4.69, 9.17) is 9.47 Å². The summed E-state index contributed by atoms with van der Waals surface area (Å²) in [7, 11) is 1.59. The maximum atomic E-state index is 13.1. The molecule has 0 atom stereocenters. The third-order valence-electron chi connectivity index (χ3n) is 4.48. The summed E-state index contributed by atoms with van der Waals surface area (Å²) in [6.07, 6.45) is 2.74. The van der Waals surface area contributed by atoms with Crippen LogP contribution in [0.5, 0.6) is 5.75 Å². The lowest BCUT2D eigenvalue weighted by atomic mass is 10.1. The van der Waals surface area contributed by atoms with Crippen LogP contribution < -0.4 is 15.4 Å². The van der Waals surface area contributed by atoms with Gasteiger partial charge in [-0.25, -0.2) is 13.6 Å². The Morgan fingerprint density at radius 1 is 0.909 bits per heavy atom. The first kappa shape index (κ1) is 23.4. The fraction of sp³-hybridized carbons (Fsp3) is 0.125. The zero-order chi connectivity index (χ0) is 23.8. The molecule has 0 aliphatic heterocycles.